The van der Waals surface area contributed by atoms with Crippen molar-refractivity contribution in [1.82, 2.24) is 4.98 Å². The second-order valence-corrected chi connectivity index (χ2v) is 7.16. The number of pyridine rings is 1. The minimum atomic E-state index is -2.96. The van der Waals surface area contributed by atoms with Gasteiger partial charge < -0.3 is 11.1 Å². The summed E-state index contributed by atoms with van der Waals surface area (Å²) < 4.78 is 22.7. The lowest BCUT2D eigenvalue weighted by atomic mass is 10.1. The molecule has 1 aromatic heterocycles. The Morgan fingerprint density at radius 3 is 2.95 bits per heavy atom. The molecule has 1 atom stereocenters. The van der Waals surface area contributed by atoms with Crippen molar-refractivity contribution in [3.63, 3.8) is 0 Å². The summed E-state index contributed by atoms with van der Waals surface area (Å²) in [5.74, 6) is 5.82. The van der Waals surface area contributed by atoms with Gasteiger partial charge in [-0.1, -0.05) is 12.0 Å². The predicted molar refractivity (Wildman–Crippen MR) is 80.2 cm³/mol. The lowest BCUT2D eigenvalue weighted by Crippen LogP contribution is -2.18. The maximum absolute atomic E-state index is 11.9. The van der Waals surface area contributed by atoms with E-state index in [1.54, 1.807) is 18.2 Å². The van der Waals surface area contributed by atoms with Crippen molar-refractivity contribution in [3.8, 4) is 11.8 Å². The molecule has 1 saturated heterocycles. The van der Waals surface area contributed by atoms with Crippen LogP contribution in [0.3, 0.4) is 0 Å². The van der Waals surface area contributed by atoms with Gasteiger partial charge in [0.2, 0.25) is 5.91 Å². The van der Waals surface area contributed by atoms with Crippen LogP contribution in [-0.4, -0.2) is 37.4 Å². The fourth-order valence-electron chi connectivity index (χ4n) is 2.20. The number of rotatable bonds is 3. The molecule has 1 aliphatic rings. The zero-order valence-electron chi connectivity index (χ0n) is 11.5. The van der Waals surface area contributed by atoms with Crippen molar-refractivity contribution in [2.24, 2.45) is 11.7 Å². The molecule has 6 nitrogen and oxygen atoms in total. The molecule has 0 radical (unpaired) electrons. The Kier molecular flexibility index (Phi) is 4.94. The Hall–Kier alpha value is -1.91. The summed E-state index contributed by atoms with van der Waals surface area (Å²) in [5, 5.41) is 2.67. The first kappa shape index (κ1) is 15.5. The van der Waals surface area contributed by atoms with Crippen LogP contribution in [0, 0.1) is 17.8 Å². The highest BCUT2D eigenvalue weighted by Gasteiger charge is 2.29. The third kappa shape index (κ3) is 4.85. The van der Waals surface area contributed by atoms with E-state index >= 15 is 0 Å². The average molecular weight is 307 g/mol. The molecule has 1 unspecified atom stereocenters. The van der Waals surface area contributed by atoms with E-state index in [0.29, 0.717) is 17.9 Å². The normalized spacial score (nSPS) is 19.6. The van der Waals surface area contributed by atoms with Crippen LogP contribution in [0.1, 0.15) is 18.5 Å². The van der Waals surface area contributed by atoms with Crippen molar-refractivity contribution in [2.45, 2.75) is 12.8 Å². The van der Waals surface area contributed by atoms with E-state index < -0.39 is 9.84 Å². The van der Waals surface area contributed by atoms with Crippen LogP contribution in [0.15, 0.2) is 18.2 Å². The first-order valence-corrected chi connectivity index (χ1v) is 8.47. The van der Waals surface area contributed by atoms with Gasteiger partial charge in [-0.05, 0) is 30.4 Å². The average Bonchev–Trinajstić information content (AvgIpc) is 2.75. The number of nitrogens with zero attached hydrogens (tertiary/aromatic N) is 1. The number of nitrogens with one attached hydrogen (secondary N) is 1. The molecule has 0 aromatic carbocycles. The Balaban J connectivity index is 1.94. The minimum Gasteiger partial charge on any atom is -0.320 e. The summed E-state index contributed by atoms with van der Waals surface area (Å²) >= 11 is 0. The van der Waals surface area contributed by atoms with Crippen LogP contribution in [0.25, 0.3) is 0 Å². The van der Waals surface area contributed by atoms with Crippen LogP contribution in [-0.2, 0) is 14.6 Å². The molecule has 7 heteroatoms. The summed E-state index contributed by atoms with van der Waals surface area (Å²) in [6.45, 7) is 0.244. The lowest BCUT2D eigenvalue weighted by molar-refractivity contribution is -0.116. The number of carbonyl (C=O) groups excluding carboxylic acids is 1. The van der Waals surface area contributed by atoms with Gasteiger partial charge in [0.05, 0.1) is 18.1 Å². The first-order valence-electron chi connectivity index (χ1n) is 6.65. The van der Waals surface area contributed by atoms with Gasteiger partial charge in [0.25, 0.3) is 0 Å². The Labute approximate surface area is 124 Å². The van der Waals surface area contributed by atoms with Gasteiger partial charge in [-0.15, -0.1) is 0 Å². The van der Waals surface area contributed by atoms with E-state index in [1.165, 1.54) is 0 Å². The van der Waals surface area contributed by atoms with Gasteiger partial charge in [-0.3, -0.25) is 4.79 Å². The van der Waals surface area contributed by atoms with Crippen molar-refractivity contribution < 1.29 is 13.2 Å². The first-order chi connectivity index (χ1) is 9.98. The monoisotopic (exact) mass is 307 g/mol. The molecule has 1 aliphatic heterocycles. The molecule has 1 aromatic rings. The third-order valence-corrected chi connectivity index (χ3v) is 4.97. The fourth-order valence-corrected chi connectivity index (χ4v) is 4.07. The second kappa shape index (κ2) is 6.70. The van der Waals surface area contributed by atoms with Crippen LogP contribution >= 0.6 is 0 Å². The van der Waals surface area contributed by atoms with E-state index in [9.17, 15) is 13.2 Å². The van der Waals surface area contributed by atoms with E-state index in [-0.39, 0.29) is 36.3 Å². The Morgan fingerprint density at radius 2 is 2.29 bits per heavy atom. The van der Waals surface area contributed by atoms with Gasteiger partial charge in [0.15, 0.2) is 9.84 Å². The molecule has 0 bridgehead atoms. The molecule has 21 heavy (non-hydrogen) atoms. The van der Waals surface area contributed by atoms with Crippen LogP contribution in [0.4, 0.5) is 5.82 Å². The highest BCUT2D eigenvalue weighted by atomic mass is 32.2. The molecule has 3 N–H and O–H groups in total. The van der Waals surface area contributed by atoms with Crippen LogP contribution in [0.2, 0.25) is 0 Å². The maximum atomic E-state index is 11.9. The Bertz CT molecular complexity index is 689. The highest BCUT2D eigenvalue weighted by molar-refractivity contribution is 7.91. The van der Waals surface area contributed by atoms with Gasteiger partial charge in [0.1, 0.15) is 11.5 Å². The van der Waals surface area contributed by atoms with E-state index in [1.807, 2.05) is 0 Å². The van der Waals surface area contributed by atoms with Crippen molar-refractivity contribution in [1.29, 1.82) is 0 Å². The SMILES string of the molecule is NCC#Cc1cccc(NC(=O)CC2CCS(=O)(=O)C2)n1. The van der Waals surface area contributed by atoms with Gasteiger partial charge >= 0.3 is 0 Å². The zero-order chi connectivity index (χ0) is 15.3. The molecular weight excluding hydrogens is 290 g/mol. The third-order valence-electron chi connectivity index (χ3n) is 3.14. The number of anilines is 1. The summed E-state index contributed by atoms with van der Waals surface area (Å²) in [6, 6.07) is 5.13. The predicted octanol–water partition coefficient (Wildman–Crippen LogP) is 0.155. The summed E-state index contributed by atoms with van der Waals surface area (Å²) in [7, 11) is -2.96. The van der Waals surface area contributed by atoms with Crippen molar-refractivity contribution in [3.05, 3.63) is 23.9 Å². The summed E-state index contributed by atoms with van der Waals surface area (Å²) in [5.41, 5.74) is 5.82. The smallest absolute Gasteiger partial charge is 0.225 e. The molecule has 0 spiro atoms. The molecule has 1 fully saturated rings. The second-order valence-electron chi connectivity index (χ2n) is 4.94. The number of hydrogen-bond donors (Lipinski definition) is 2. The van der Waals surface area contributed by atoms with E-state index in [0.717, 1.165) is 0 Å². The molecule has 2 rings (SSSR count). The lowest BCUT2D eigenvalue weighted by Gasteiger charge is -2.08. The number of carbonyl (C=O) groups is 1. The fraction of sp³-hybridized carbons (Fsp3) is 0.429. The number of hydrogen-bond acceptors (Lipinski definition) is 5. The number of sulfone groups is 1. The maximum Gasteiger partial charge on any atom is 0.225 e. The summed E-state index contributed by atoms with van der Waals surface area (Å²) in [6.07, 6.45) is 0.741. The molecule has 0 saturated carbocycles. The van der Waals surface area contributed by atoms with Crippen LogP contribution in [0.5, 0.6) is 0 Å². The molecule has 2 heterocycles. The van der Waals surface area contributed by atoms with E-state index in [2.05, 4.69) is 22.1 Å². The molecular formula is C14H17N3O3S. The number of amides is 1. The van der Waals surface area contributed by atoms with Gasteiger partial charge in [-0.2, -0.15) is 0 Å². The van der Waals surface area contributed by atoms with Crippen molar-refractivity contribution in [2.75, 3.05) is 23.4 Å². The molecule has 112 valence electrons. The number of nitrogens with two attached hydrogens (primary N) is 1. The topological polar surface area (TPSA) is 102 Å². The van der Waals surface area contributed by atoms with Crippen molar-refractivity contribution >= 4 is 21.6 Å². The highest BCUT2D eigenvalue weighted by Crippen LogP contribution is 2.21. The zero-order valence-corrected chi connectivity index (χ0v) is 12.3. The minimum absolute atomic E-state index is 0.0931. The number of aromatic nitrogens is 1. The standard InChI is InChI=1S/C14H17N3O3S/c15-7-2-4-12-3-1-5-13(16-12)17-14(18)9-11-6-8-21(19,20)10-11/h1,3,5,11H,6-10,15H2,(H,16,17,18). The van der Waals surface area contributed by atoms with Gasteiger partial charge in [0, 0.05) is 6.42 Å². The van der Waals surface area contributed by atoms with E-state index in [4.69, 9.17) is 5.73 Å². The van der Waals surface area contributed by atoms with Crippen LogP contribution < -0.4 is 11.1 Å². The molecule has 0 aliphatic carbocycles. The largest absolute Gasteiger partial charge is 0.320 e. The Morgan fingerprint density at radius 1 is 1.48 bits per heavy atom. The molecule has 1 amide bonds. The quantitative estimate of drug-likeness (QED) is 0.774. The summed E-state index contributed by atoms with van der Waals surface area (Å²) in [4.78, 5) is 16.1. The van der Waals surface area contributed by atoms with Gasteiger partial charge in [-0.25, -0.2) is 13.4 Å².